The predicted molar refractivity (Wildman–Crippen MR) is 141 cm³/mol. The van der Waals surface area contributed by atoms with Gasteiger partial charge in [0.25, 0.3) is 0 Å². The van der Waals surface area contributed by atoms with Gasteiger partial charge in [-0.2, -0.15) is 0 Å². The van der Waals surface area contributed by atoms with Gasteiger partial charge in [-0.25, -0.2) is 8.42 Å². The van der Waals surface area contributed by atoms with E-state index in [1.54, 1.807) is 24.3 Å². The number of sulfone groups is 1. The lowest BCUT2D eigenvalue weighted by Gasteiger charge is -2.29. The molecule has 1 aromatic heterocycles. The van der Waals surface area contributed by atoms with Crippen molar-refractivity contribution in [3.8, 4) is 22.8 Å². The van der Waals surface area contributed by atoms with Crippen molar-refractivity contribution in [3.63, 3.8) is 0 Å². The fraction of sp³-hybridized carbons (Fsp3) is 0.370. The van der Waals surface area contributed by atoms with E-state index in [9.17, 15) is 18.3 Å². The third-order valence-electron chi connectivity index (χ3n) is 6.13. The minimum atomic E-state index is -3.13. The van der Waals surface area contributed by atoms with Gasteiger partial charge in [-0.15, -0.1) is 0 Å². The van der Waals surface area contributed by atoms with E-state index < -0.39 is 15.9 Å². The topological polar surface area (TPSA) is 106 Å². The van der Waals surface area contributed by atoms with Gasteiger partial charge in [0.05, 0.1) is 24.7 Å². The number of nitrogens with zero attached hydrogens (tertiary/aromatic N) is 1. The highest BCUT2D eigenvalue weighted by molar-refractivity contribution is 7.91. The molecule has 1 aliphatic rings. The van der Waals surface area contributed by atoms with Crippen LogP contribution in [-0.4, -0.2) is 68.1 Å². The van der Waals surface area contributed by atoms with Crippen molar-refractivity contribution in [3.05, 3.63) is 70.9 Å². The normalized spacial score (nSPS) is 17.6. The Hall–Kier alpha value is -2.85. The van der Waals surface area contributed by atoms with Gasteiger partial charge in [0, 0.05) is 28.7 Å². The number of furan rings is 1. The number of rotatable bonds is 12. The van der Waals surface area contributed by atoms with Gasteiger partial charge in [-0.1, -0.05) is 23.7 Å². The first-order valence-electron chi connectivity index (χ1n) is 12.1. The van der Waals surface area contributed by atoms with E-state index in [0.717, 1.165) is 11.8 Å². The number of benzene rings is 2. The van der Waals surface area contributed by atoms with Gasteiger partial charge >= 0.3 is 0 Å². The summed E-state index contributed by atoms with van der Waals surface area (Å²) in [4.78, 5) is 13.0. The summed E-state index contributed by atoms with van der Waals surface area (Å²) in [6.45, 7) is 2.69. The number of halogens is 1. The molecular formula is C27H30ClNO7S. The Kier molecular flexibility index (Phi) is 8.91. The molecular weight excluding hydrogens is 518 g/mol. The van der Waals surface area contributed by atoms with Crippen LogP contribution in [0.15, 0.2) is 59.0 Å². The smallest absolute Gasteiger partial charge is 0.161 e. The molecule has 8 nitrogen and oxygen atoms in total. The summed E-state index contributed by atoms with van der Waals surface area (Å²) in [6.07, 6.45) is 0.298. The SMILES string of the molecule is CCOc1cc(C=O)ccc1OCC(O)CN(Cc1ccc(-c2cccc(Cl)c2)o1)C1CCS(=O)(=O)C1. The molecule has 10 heteroatoms. The van der Waals surface area contributed by atoms with E-state index in [-0.39, 0.29) is 30.7 Å². The van der Waals surface area contributed by atoms with Crippen LogP contribution in [-0.2, 0) is 16.4 Å². The second kappa shape index (κ2) is 12.1. The number of carbonyl (C=O) groups is 1. The predicted octanol–water partition coefficient (Wildman–Crippen LogP) is 4.24. The number of hydrogen-bond acceptors (Lipinski definition) is 8. The summed E-state index contributed by atoms with van der Waals surface area (Å²) in [7, 11) is -3.13. The maximum absolute atomic E-state index is 12.2. The van der Waals surface area contributed by atoms with Crippen LogP contribution < -0.4 is 9.47 Å². The van der Waals surface area contributed by atoms with Crippen molar-refractivity contribution in [1.29, 1.82) is 0 Å². The van der Waals surface area contributed by atoms with E-state index in [0.29, 0.717) is 53.2 Å². The van der Waals surface area contributed by atoms with Crippen LogP contribution in [0.25, 0.3) is 11.3 Å². The highest BCUT2D eigenvalue weighted by Gasteiger charge is 2.33. The van der Waals surface area contributed by atoms with Crippen molar-refractivity contribution in [2.24, 2.45) is 0 Å². The summed E-state index contributed by atoms with van der Waals surface area (Å²) in [5.74, 6) is 2.29. The number of ether oxygens (including phenoxy) is 2. The van der Waals surface area contributed by atoms with Gasteiger partial charge in [0.2, 0.25) is 0 Å². The van der Waals surface area contributed by atoms with Crippen LogP contribution >= 0.6 is 11.6 Å². The van der Waals surface area contributed by atoms with Crippen LogP contribution in [0.3, 0.4) is 0 Å². The first-order chi connectivity index (χ1) is 17.8. The molecule has 2 unspecified atom stereocenters. The van der Waals surface area contributed by atoms with Crippen molar-refractivity contribution >= 4 is 27.7 Å². The minimum Gasteiger partial charge on any atom is -0.490 e. The average molecular weight is 548 g/mol. The van der Waals surface area contributed by atoms with E-state index in [2.05, 4.69) is 0 Å². The van der Waals surface area contributed by atoms with E-state index in [4.69, 9.17) is 25.5 Å². The van der Waals surface area contributed by atoms with Crippen molar-refractivity contribution < 1.29 is 32.2 Å². The minimum absolute atomic E-state index is 0.0318. The molecule has 1 fully saturated rings. The highest BCUT2D eigenvalue weighted by Crippen LogP contribution is 2.29. The third-order valence-corrected chi connectivity index (χ3v) is 8.12. The number of aliphatic hydroxyl groups is 1. The van der Waals surface area contributed by atoms with Gasteiger partial charge in [0.1, 0.15) is 30.5 Å². The second-order valence-electron chi connectivity index (χ2n) is 8.98. The van der Waals surface area contributed by atoms with Crippen LogP contribution in [0.2, 0.25) is 5.02 Å². The molecule has 0 radical (unpaired) electrons. The second-order valence-corrected chi connectivity index (χ2v) is 11.6. The van der Waals surface area contributed by atoms with Crippen LogP contribution in [0.4, 0.5) is 0 Å². The van der Waals surface area contributed by atoms with Gasteiger partial charge < -0.3 is 19.0 Å². The lowest BCUT2D eigenvalue weighted by Crippen LogP contribution is -2.42. The molecule has 0 bridgehead atoms. The molecule has 4 rings (SSSR count). The summed E-state index contributed by atoms with van der Waals surface area (Å²) in [5, 5.41) is 11.4. The average Bonchev–Trinajstić information content (AvgIpc) is 3.49. The van der Waals surface area contributed by atoms with Crippen molar-refractivity contribution in [2.75, 3.05) is 31.3 Å². The molecule has 37 heavy (non-hydrogen) atoms. The molecule has 1 aliphatic heterocycles. The van der Waals surface area contributed by atoms with Gasteiger partial charge in [0.15, 0.2) is 21.3 Å². The molecule has 0 spiro atoms. The number of carbonyl (C=O) groups excluding carboxylic acids is 1. The van der Waals surface area contributed by atoms with E-state index in [1.165, 1.54) is 0 Å². The Bertz CT molecular complexity index is 1320. The summed E-state index contributed by atoms with van der Waals surface area (Å²) in [5.41, 5.74) is 1.30. The zero-order valence-corrected chi connectivity index (χ0v) is 22.1. The van der Waals surface area contributed by atoms with Gasteiger partial charge in [-0.05, 0) is 55.8 Å². The lowest BCUT2D eigenvalue weighted by atomic mass is 10.2. The summed E-state index contributed by atoms with van der Waals surface area (Å²) >= 11 is 6.10. The maximum atomic E-state index is 12.2. The Morgan fingerprint density at radius 3 is 2.70 bits per heavy atom. The van der Waals surface area contributed by atoms with Crippen LogP contribution in [0, 0.1) is 0 Å². The fourth-order valence-corrected chi connectivity index (χ4v) is 6.31. The standard InChI is InChI=1S/C27H30ClNO7S/c1-2-34-27-12-19(16-30)6-8-26(27)35-17-23(31)14-29(22-10-11-37(32,33)18-22)15-24-7-9-25(36-24)20-4-3-5-21(28)13-20/h3-9,12-13,16,22-23,31H,2,10-11,14-15,17-18H2,1H3. The van der Waals surface area contributed by atoms with Gasteiger partial charge in [-0.3, -0.25) is 9.69 Å². The molecule has 2 aromatic carbocycles. The zero-order valence-electron chi connectivity index (χ0n) is 20.5. The fourth-order valence-electron chi connectivity index (χ4n) is 4.36. The molecule has 2 heterocycles. The Morgan fingerprint density at radius 1 is 1.16 bits per heavy atom. The van der Waals surface area contributed by atoms with Crippen molar-refractivity contribution in [1.82, 2.24) is 4.90 Å². The summed E-state index contributed by atoms with van der Waals surface area (Å²) in [6, 6.07) is 15.6. The zero-order chi connectivity index (χ0) is 26.4. The Labute approximate surface area is 221 Å². The number of aldehydes is 1. The highest BCUT2D eigenvalue weighted by atomic mass is 35.5. The first kappa shape index (κ1) is 27.2. The molecule has 0 amide bonds. The van der Waals surface area contributed by atoms with E-state index >= 15 is 0 Å². The van der Waals surface area contributed by atoms with Crippen molar-refractivity contribution in [2.45, 2.75) is 32.0 Å². The number of hydrogen-bond donors (Lipinski definition) is 1. The third kappa shape index (κ3) is 7.35. The molecule has 0 aliphatic carbocycles. The van der Waals surface area contributed by atoms with Crippen LogP contribution in [0.5, 0.6) is 11.5 Å². The molecule has 1 saturated heterocycles. The molecule has 198 valence electrons. The quantitative estimate of drug-likeness (QED) is 0.336. The maximum Gasteiger partial charge on any atom is 0.161 e. The Morgan fingerprint density at radius 2 is 2.00 bits per heavy atom. The van der Waals surface area contributed by atoms with E-state index in [1.807, 2.05) is 42.2 Å². The molecule has 0 saturated carbocycles. The summed E-state index contributed by atoms with van der Waals surface area (Å²) < 4.78 is 41.8. The molecule has 3 aromatic rings. The van der Waals surface area contributed by atoms with Crippen LogP contribution in [0.1, 0.15) is 29.5 Å². The molecule has 1 N–H and O–H groups in total. The monoisotopic (exact) mass is 547 g/mol. The Balaban J connectivity index is 1.45. The first-order valence-corrected chi connectivity index (χ1v) is 14.3. The largest absolute Gasteiger partial charge is 0.490 e. The lowest BCUT2D eigenvalue weighted by molar-refractivity contribution is 0.0489. The molecule has 2 atom stereocenters. The number of aliphatic hydroxyl groups excluding tert-OH is 1.